The van der Waals surface area contributed by atoms with Crippen LogP contribution < -0.4 is 15.2 Å². The maximum atomic E-state index is 14.8. The number of para-hydroxylation sites is 1. The molecule has 0 radical (unpaired) electrons. The van der Waals surface area contributed by atoms with Crippen molar-refractivity contribution in [1.82, 2.24) is 4.98 Å². The first-order valence-electron chi connectivity index (χ1n) is 11.0. The molecule has 0 amide bonds. The van der Waals surface area contributed by atoms with E-state index in [0.717, 1.165) is 34.8 Å². The molecule has 1 aromatic heterocycles. The van der Waals surface area contributed by atoms with Crippen molar-refractivity contribution in [2.45, 2.75) is 46.0 Å². The minimum absolute atomic E-state index is 0.0163. The molecule has 3 aromatic rings. The number of benzene rings is 2. The Morgan fingerprint density at radius 3 is 2.55 bits per heavy atom. The molecule has 0 fully saturated rings. The molecule has 0 aliphatic rings. The first kappa shape index (κ1) is 24.5. The highest BCUT2D eigenvalue weighted by atomic mass is 32.1. The van der Waals surface area contributed by atoms with Crippen LogP contribution in [-0.4, -0.2) is 29.2 Å². The van der Waals surface area contributed by atoms with E-state index in [9.17, 15) is 4.39 Å². The first-order chi connectivity index (χ1) is 15.9. The Bertz CT molecular complexity index is 1100. The van der Waals surface area contributed by atoms with E-state index in [2.05, 4.69) is 24.0 Å². The zero-order chi connectivity index (χ0) is 23.8. The van der Waals surface area contributed by atoms with Gasteiger partial charge < -0.3 is 20.4 Å². The predicted molar refractivity (Wildman–Crippen MR) is 130 cm³/mol. The lowest BCUT2D eigenvalue weighted by atomic mass is 10.0. The summed E-state index contributed by atoms with van der Waals surface area (Å²) in [6, 6.07) is 12.1. The number of aryl methyl sites for hydroxylation is 1. The number of hydrogen-bond acceptors (Lipinski definition) is 6. The number of ether oxygens (including phenoxy) is 2. The van der Waals surface area contributed by atoms with Crippen molar-refractivity contribution in [1.29, 1.82) is 0 Å². The summed E-state index contributed by atoms with van der Waals surface area (Å²) in [5.74, 6) is 1.08. The zero-order valence-corrected chi connectivity index (χ0v) is 20.0. The molecule has 1 heterocycles. The highest BCUT2D eigenvalue weighted by Crippen LogP contribution is 2.35. The van der Waals surface area contributed by atoms with Crippen molar-refractivity contribution < 1.29 is 19.1 Å². The van der Waals surface area contributed by atoms with Gasteiger partial charge in [-0.1, -0.05) is 31.1 Å². The molecule has 2 aromatic carbocycles. The molecule has 0 spiro atoms. The number of halogens is 1. The molecule has 33 heavy (non-hydrogen) atoms. The Hall–Kier alpha value is -3.13. The quantitative estimate of drug-likeness (QED) is 0.116. The smallest absolute Gasteiger partial charge is 0.173 e. The van der Waals surface area contributed by atoms with Crippen molar-refractivity contribution >= 4 is 17.2 Å². The van der Waals surface area contributed by atoms with Gasteiger partial charge in [-0.25, -0.2) is 9.37 Å². The minimum atomic E-state index is -0.322. The summed E-state index contributed by atoms with van der Waals surface area (Å²) in [5, 5.41) is 12.8. The number of hydrogen-bond donors (Lipinski definition) is 2. The average Bonchev–Trinajstić information content (AvgIpc) is 3.20. The normalized spacial score (nSPS) is 11.7. The van der Waals surface area contributed by atoms with Crippen LogP contribution in [0.15, 0.2) is 47.6 Å². The summed E-state index contributed by atoms with van der Waals surface area (Å²) in [7, 11) is 0. The second-order valence-corrected chi connectivity index (χ2v) is 9.22. The maximum Gasteiger partial charge on any atom is 0.173 e. The molecule has 0 saturated carbocycles. The Morgan fingerprint density at radius 1 is 1.12 bits per heavy atom. The largest absolute Gasteiger partial charge is 0.493 e. The van der Waals surface area contributed by atoms with Gasteiger partial charge in [0.25, 0.3) is 0 Å². The van der Waals surface area contributed by atoms with E-state index in [1.807, 2.05) is 13.0 Å². The van der Waals surface area contributed by atoms with Crippen molar-refractivity contribution in [2.75, 3.05) is 13.2 Å². The second-order valence-electron chi connectivity index (χ2n) is 7.98. The predicted octanol–water partition coefficient (Wildman–Crippen LogP) is 6.10. The number of oxime groups is 1. The molecular formula is C25H30FN3O3S. The lowest BCUT2D eigenvalue weighted by Gasteiger charge is -2.11. The molecular weight excluding hydrogens is 441 g/mol. The van der Waals surface area contributed by atoms with E-state index in [1.54, 1.807) is 41.7 Å². The fraction of sp³-hybridized carbons (Fsp3) is 0.360. The van der Waals surface area contributed by atoms with Gasteiger partial charge in [-0.3, -0.25) is 0 Å². The van der Waals surface area contributed by atoms with E-state index in [-0.39, 0.29) is 11.7 Å². The van der Waals surface area contributed by atoms with Crippen LogP contribution in [-0.2, 0) is 0 Å². The van der Waals surface area contributed by atoms with Gasteiger partial charge in [0.2, 0.25) is 0 Å². The van der Waals surface area contributed by atoms with Crippen LogP contribution in [0.4, 0.5) is 4.39 Å². The summed E-state index contributed by atoms with van der Waals surface area (Å²) < 4.78 is 26.3. The fourth-order valence-corrected chi connectivity index (χ4v) is 4.36. The minimum Gasteiger partial charge on any atom is -0.493 e. The van der Waals surface area contributed by atoms with E-state index in [0.29, 0.717) is 41.8 Å². The number of nitrogens with zero attached hydrogens (tertiary/aromatic N) is 2. The summed E-state index contributed by atoms with van der Waals surface area (Å²) >= 11 is 1.61. The van der Waals surface area contributed by atoms with Crippen molar-refractivity contribution in [3.05, 3.63) is 63.7 Å². The van der Waals surface area contributed by atoms with Crippen LogP contribution in [0.25, 0.3) is 11.3 Å². The molecule has 176 valence electrons. The summed E-state index contributed by atoms with van der Waals surface area (Å²) in [4.78, 5) is 5.63. The average molecular weight is 472 g/mol. The standard InChI is InChI=1S/C25H30FN3O3S/c1-16(2)24-23(28-17(3)33-24)19-12-11-18(15-21(19)26)31-13-7-4-8-14-32-22-10-6-5-9-20(22)25(27)29-30/h5-6,9-12,15-16,30H,4,7-8,13-14H2,1-3H3,(H2,27,29). The second kappa shape index (κ2) is 11.7. The van der Waals surface area contributed by atoms with Crippen LogP contribution in [0, 0.1) is 12.7 Å². The van der Waals surface area contributed by atoms with Gasteiger partial charge in [-0.05, 0) is 56.4 Å². The number of amidine groups is 1. The zero-order valence-electron chi connectivity index (χ0n) is 19.2. The van der Waals surface area contributed by atoms with Gasteiger partial charge >= 0.3 is 0 Å². The molecule has 0 unspecified atom stereocenters. The molecule has 6 nitrogen and oxygen atoms in total. The van der Waals surface area contributed by atoms with E-state index < -0.39 is 0 Å². The molecule has 3 rings (SSSR count). The number of thiazole rings is 1. The number of unbranched alkanes of at least 4 members (excludes halogenated alkanes) is 2. The Morgan fingerprint density at radius 2 is 1.85 bits per heavy atom. The Balaban J connectivity index is 1.45. The summed E-state index contributed by atoms with van der Waals surface area (Å²) in [6.45, 7) is 7.12. The van der Waals surface area contributed by atoms with Crippen molar-refractivity contribution in [2.24, 2.45) is 10.9 Å². The molecule has 0 aliphatic heterocycles. The third kappa shape index (κ3) is 6.44. The maximum absolute atomic E-state index is 14.8. The van der Waals surface area contributed by atoms with E-state index in [4.69, 9.17) is 20.4 Å². The van der Waals surface area contributed by atoms with Crippen molar-refractivity contribution in [3.63, 3.8) is 0 Å². The SMILES string of the molecule is Cc1nc(-c2ccc(OCCCCCOc3ccccc3C(N)=NO)cc2F)c(C(C)C)s1. The van der Waals surface area contributed by atoms with Crippen LogP contribution in [0.5, 0.6) is 11.5 Å². The van der Waals surface area contributed by atoms with Crippen LogP contribution in [0.2, 0.25) is 0 Å². The van der Waals surface area contributed by atoms with Gasteiger partial charge in [-0.15, -0.1) is 11.3 Å². The third-order valence-corrected chi connectivity index (χ3v) is 6.34. The van der Waals surface area contributed by atoms with Gasteiger partial charge in [0, 0.05) is 16.5 Å². The third-order valence-electron chi connectivity index (χ3n) is 5.07. The number of nitrogens with two attached hydrogens (primary N) is 1. The van der Waals surface area contributed by atoms with E-state index >= 15 is 0 Å². The number of aromatic nitrogens is 1. The topological polar surface area (TPSA) is 90.0 Å². The molecule has 3 N–H and O–H groups in total. The van der Waals surface area contributed by atoms with Crippen LogP contribution >= 0.6 is 11.3 Å². The Labute approximate surface area is 197 Å². The van der Waals surface area contributed by atoms with Crippen molar-refractivity contribution in [3.8, 4) is 22.8 Å². The number of rotatable bonds is 11. The highest BCUT2D eigenvalue weighted by molar-refractivity contribution is 7.12. The van der Waals surface area contributed by atoms with E-state index in [1.165, 1.54) is 6.07 Å². The molecule has 8 heteroatoms. The lowest BCUT2D eigenvalue weighted by molar-refractivity contribution is 0.278. The molecule has 0 bridgehead atoms. The highest BCUT2D eigenvalue weighted by Gasteiger charge is 2.17. The van der Waals surface area contributed by atoms with Gasteiger partial charge in [0.15, 0.2) is 5.84 Å². The Kier molecular flexibility index (Phi) is 8.65. The fourth-order valence-electron chi connectivity index (χ4n) is 3.42. The molecule has 0 aliphatic carbocycles. The van der Waals surface area contributed by atoms with Gasteiger partial charge in [-0.2, -0.15) is 0 Å². The molecule has 0 atom stereocenters. The van der Waals surface area contributed by atoms with Gasteiger partial charge in [0.1, 0.15) is 17.3 Å². The first-order valence-corrected chi connectivity index (χ1v) is 11.8. The van der Waals surface area contributed by atoms with Crippen LogP contribution in [0.1, 0.15) is 54.5 Å². The summed E-state index contributed by atoms with van der Waals surface area (Å²) in [5.41, 5.74) is 7.47. The lowest BCUT2D eigenvalue weighted by Crippen LogP contribution is -2.15. The van der Waals surface area contributed by atoms with Gasteiger partial charge in [0.05, 0.1) is 29.5 Å². The molecule has 0 saturated heterocycles. The monoisotopic (exact) mass is 471 g/mol. The van der Waals surface area contributed by atoms with Crippen LogP contribution in [0.3, 0.4) is 0 Å². The summed E-state index contributed by atoms with van der Waals surface area (Å²) in [6.07, 6.45) is 2.53.